The van der Waals surface area contributed by atoms with Gasteiger partial charge in [0, 0.05) is 72.5 Å². The molecular formula is C25H22ClF2N5O2. The number of rotatable bonds is 4. The molecular weight excluding hydrogens is 476 g/mol. The van der Waals surface area contributed by atoms with Crippen molar-refractivity contribution in [3.05, 3.63) is 75.7 Å². The number of aromatic nitrogens is 2. The van der Waals surface area contributed by atoms with Crippen molar-refractivity contribution in [2.75, 3.05) is 38.1 Å². The molecule has 1 aliphatic carbocycles. The molecule has 35 heavy (non-hydrogen) atoms. The van der Waals surface area contributed by atoms with E-state index in [9.17, 15) is 14.0 Å². The van der Waals surface area contributed by atoms with Crippen LogP contribution in [0.1, 0.15) is 36.1 Å². The second kappa shape index (κ2) is 9.31. The van der Waals surface area contributed by atoms with E-state index >= 15 is 4.39 Å². The molecule has 1 N–H and O–H groups in total. The minimum Gasteiger partial charge on any atom is -0.366 e. The lowest BCUT2D eigenvalue weighted by Crippen LogP contribution is -2.46. The maximum atomic E-state index is 15.5. The second-order valence-corrected chi connectivity index (χ2v) is 8.80. The number of fused-ring (bicyclic) bond motifs is 3. The van der Waals surface area contributed by atoms with Gasteiger partial charge in [0.15, 0.2) is 10.9 Å². The van der Waals surface area contributed by atoms with Crippen molar-refractivity contribution in [2.45, 2.75) is 13.0 Å². The third kappa shape index (κ3) is 4.37. The Balaban J connectivity index is 1.26. The summed E-state index contributed by atoms with van der Waals surface area (Å²) in [6.07, 6.45) is 0.876. The summed E-state index contributed by atoms with van der Waals surface area (Å²) in [5, 5.41) is 1.95. The summed E-state index contributed by atoms with van der Waals surface area (Å²) in [6.45, 7) is 0.0266. The van der Waals surface area contributed by atoms with Gasteiger partial charge in [-0.05, 0) is 18.2 Å². The van der Waals surface area contributed by atoms with Gasteiger partial charge in [-0.15, -0.1) is 0 Å². The molecule has 7 nitrogen and oxygen atoms in total. The first kappa shape index (κ1) is 19.8. The number of nitrogens with one attached hydrogen (secondary N) is 1. The molecule has 1 fully saturated rings. The number of hydrogen-bond donors (Lipinski definition) is 1. The van der Waals surface area contributed by atoms with Crippen LogP contribution in [0.4, 0.5) is 14.5 Å². The van der Waals surface area contributed by atoms with Crippen molar-refractivity contribution in [3.8, 4) is 11.3 Å². The summed E-state index contributed by atoms with van der Waals surface area (Å²) in [5.41, 5.74) is 2.21. The number of benzene rings is 1. The zero-order chi connectivity index (χ0) is 27.2. The first-order valence-corrected chi connectivity index (χ1v) is 11.3. The van der Waals surface area contributed by atoms with Crippen molar-refractivity contribution in [1.29, 1.82) is 0 Å². The summed E-state index contributed by atoms with van der Waals surface area (Å²) in [7, 11) is 0. The third-order valence-electron chi connectivity index (χ3n) is 6.35. The molecule has 2 aromatic heterocycles. The van der Waals surface area contributed by atoms with Crippen LogP contribution >= 0.6 is 11.6 Å². The molecule has 1 aromatic carbocycles. The quantitative estimate of drug-likeness (QED) is 0.552. The van der Waals surface area contributed by atoms with Gasteiger partial charge in [-0.1, -0.05) is 23.7 Å². The lowest BCUT2D eigenvalue weighted by atomic mass is 9.86. The Kier molecular flexibility index (Phi) is 5.28. The first-order chi connectivity index (χ1) is 18.0. The van der Waals surface area contributed by atoms with E-state index < -0.39 is 24.5 Å². The Hall–Kier alpha value is -3.43. The number of carbonyl (C=O) groups excluding carboxylic acids is 2. The van der Waals surface area contributed by atoms with Crippen LogP contribution in [0.25, 0.3) is 11.3 Å². The minimum absolute atomic E-state index is 0.0795. The van der Waals surface area contributed by atoms with Gasteiger partial charge in [0.2, 0.25) is 0 Å². The fourth-order valence-electron chi connectivity index (χ4n) is 4.55. The molecule has 0 bridgehead atoms. The lowest BCUT2D eigenvalue weighted by molar-refractivity contribution is 0.0956. The van der Waals surface area contributed by atoms with Gasteiger partial charge in [-0.3, -0.25) is 19.5 Å². The van der Waals surface area contributed by atoms with Gasteiger partial charge in [-0.2, -0.15) is 0 Å². The van der Waals surface area contributed by atoms with Crippen LogP contribution in [0.2, 0.25) is 5.15 Å². The molecule has 1 saturated heterocycles. The lowest BCUT2D eigenvalue weighted by Gasteiger charge is -2.36. The average molecular weight is 501 g/mol. The van der Waals surface area contributed by atoms with Crippen molar-refractivity contribution in [2.24, 2.45) is 0 Å². The molecule has 0 atom stereocenters. The zero-order valence-electron chi connectivity index (χ0n) is 21.4. The molecule has 5 rings (SSSR count). The SMILES string of the molecule is [2H]C([2H])([2H])NC(=O)c1ccc(N2CCN(Cc3ccc4c(c3F)CC(=O)c3cc(F)cnc3-4)CC2)c(Cl)n1. The summed E-state index contributed by atoms with van der Waals surface area (Å²) in [6, 6.07) is 7.59. The Morgan fingerprint density at radius 2 is 1.97 bits per heavy atom. The number of hydrogen-bond acceptors (Lipinski definition) is 6. The molecule has 10 heteroatoms. The highest BCUT2D eigenvalue weighted by atomic mass is 35.5. The van der Waals surface area contributed by atoms with Gasteiger partial charge in [-0.25, -0.2) is 13.8 Å². The van der Waals surface area contributed by atoms with Crippen molar-refractivity contribution < 1.29 is 22.5 Å². The van der Waals surface area contributed by atoms with Crippen molar-refractivity contribution >= 4 is 29.0 Å². The number of halogens is 3. The van der Waals surface area contributed by atoms with E-state index in [4.69, 9.17) is 15.7 Å². The Morgan fingerprint density at radius 1 is 1.17 bits per heavy atom. The number of anilines is 1. The average Bonchev–Trinajstić information content (AvgIpc) is 2.86. The number of pyridine rings is 2. The number of Topliss-reactive ketones (excluding diaryl/α,β-unsaturated/α-hetero) is 1. The summed E-state index contributed by atoms with van der Waals surface area (Å²) in [4.78, 5) is 36.7. The van der Waals surface area contributed by atoms with E-state index in [0.29, 0.717) is 55.2 Å². The highest BCUT2D eigenvalue weighted by Crippen LogP contribution is 2.35. The highest BCUT2D eigenvalue weighted by Gasteiger charge is 2.29. The van der Waals surface area contributed by atoms with Gasteiger partial charge < -0.3 is 10.2 Å². The van der Waals surface area contributed by atoms with Gasteiger partial charge in [0.25, 0.3) is 5.91 Å². The normalized spacial score (nSPS) is 17.2. The number of carbonyl (C=O) groups is 2. The predicted octanol–water partition coefficient (Wildman–Crippen LogP) is 3.50. The molecule has 2 aliphatic rings. The first-order valence-electron chi connectivity index (χ1n) is 12.5. The maximum absolute atomic E-state index is 15.5. The maximum Gasteiger partial charge on any atom is 0.269 e. The fraction of sp³-hybridized carbons (Fsp3) is 0.280. The van der Waals surface area contributed by atoms with Crippen LogP contribution < -0.4 is 10.2 Å². The Bertz CT molecular complexity index is 1450. The van der Waals surface area contributed by atoms with Crippen LogP contribution in [-0.4, -0.2) is 59.7 Å². The molecule has 180 valence electrons. The minimum atomic E-state index is -2.63. The highest BCUT2D eigenvalue weighted by molar-refractivity contribution is 6.32. The number of ketones is 1. The molecule has 0 spiro atoms. The van der Waals surface area contributed by atoms with E-state index in [1.807, 2.05) is 10.2 Å². The van der Waals surface area contributed by atoms with Crippen LogP contribution in [0.15, 0.2) is 36.5 Å². The van der Waals surface area contributed by atoms with Crippen LogP contribution in [0, 0.1) is 11.6 Å². The third-order valence-corrected chi connectivity index (χ3v) is 6.63. The number of piperazine rings is 1. The van der Waals surface area contributed by atoms with Gasteiger partial charge in [0.1, 0.15) is 17.3 Å². The van der Waals surface area contributed by atoms with E-state index in [1.165, 1.54) is 6.07 Å². The second-order valence-electron chi connectivity index (χ2n) is 8.44. The van der Waals surface area contributed by atoms with Gasteiger partial charge in [0.05, 0.1) is 17.6 Å². The van der Waals surface area contributed by atoms with Crippen molar-refractivity contribution in [3.63, 3.8) is 0 Å². The van der Waals surface area contributed by atoms with E-state index in [1.54, 1.807) is 18.2 Å². The van der Waals surface area contributed by atoms with Gasteiger partial charge >= 0.3 is 0 Å². The molecule has 0 unspecified atom stereocenters. The molecule has 0 saturated carbocycles. The van der Waals surface area contributed by atoms with E-state index in [0.717, 1.165) is 12.3 Å². The smallest absolute Gasteiger partial charge is 0.269 e. The summed E-state index contributed by atoms with van der Waals surface area (Å²) in [5.74, 6) is -2.27. The predicted molar refractivity (Wildman–Crippen MR) is 128 cm³/mol. The van der Waals surface area contributed by atoms with E-state index in [2.05, 4.69) is 14.9 Å². The molecule has 3 aromatic rings. The van der Waals surface area contributed by atoms with Crippen LogP contribution in [0.3, 0.4) is 0 Å². The molecule has 0 radical (unpaired) electrons. The zero-order valence-corrected chi connectivity index (χ0v) is 19.2. The molecule has 3 heterocycles. The monoisotopic (exact) mass is 500 g/mol. The Morgan fingerprint density at radius 3 is 2.71 bits per heavy atom. The van der Waals surface area contributed by atoms with Crippen LogP contribution in [-0.2, 0) is 13.0 Å². The largest absolute Gasteiger partial charge is 0.366 e. The number of nitrogens with zero attached hydrogens (tertiary/aromatic N) is 4. The topological polar surface area (TPSA) is 78.4 Å². The Labute approximate surface area is 209 Å². The number of amides is 1. The fourth-order valence-corrected chi connectivity index (χ4v) is 4.82. The van der Waals surface area contributed by atoms with Crippen LogP contribution in [0.5, 0.6) is 0 Å². The molecule has 1 aliphatic heterocycles. The van der Waals surface area contributed by atoms with Crippen molar-refractivity contribution in [1.82, 2.24) is 20.2 Å². The molecule has 1 amide bonds. The standard InChI is InChI=1S/C25H22ClF2N5O2/c1-29-25(35)19-4-5-20(24(26)31-19)33-8-6-32(7-9-33)13-14-2-3-16-17(22(14)28)11-21(34)18-10-15(27)12-30-23(16)18/h2-5,10,12H,6-9,11,13H2,1H3,(H,29,35)/i1D3. The summed E-state index contributed by atoms with van der Waals surface area (Å²) >= 11 is 6.30. The van der Waals surface area contributed by atoms with E-state index in [-0.39, 0.29) is 34.2 Å². The summed E-state index contributed by atoms with van der Waals surface area (Å²) < 4.78 is 50.5.